The Hall–Kier alpha value is -1.55. The molecule has 1 heterocycles. The number of benzene rings is 1. The third kappa shape index (κ3) is 2.77. The van der Waals surface area contributed by atoms with Gasteiger partial charge in [-0.2, -0.15) is 0 Å². The van der Waals surface area contributed by atoms with E-state index in [1.165, 1.54) is 0 Å². The molecule has 4 heteroatoms. The first kappa shape index (κ1) is 11.9. The molecule has 92 valence electrons. The molecule has 1 aromatic carbocycles. The minimum atomic E-state index is -0.453. The van der Waals surface area contributed by atoms with Crippen molar-refractivity contribution in [3.8, 4) is 5.75 Å². The van der Waals surface area contributed by atoms with Crippen LogP contribution in [0.15, 0.2) is 24.3 Å². The first-order valence-electron chi connectivity index (χ1n) is 5.61. The average Bonchev–Trinajstić information content (AvgIpc) is 3.08. The molecule has 0 unspecified atom stereocenters. The van der Waals surface area contributed by atoms with E-state index in [2.05, 4.69) is 0 Å². The minimum absolute atomic E-state index is 0.108. The highest BCUT2D eigenvalue weighted by molar-refractivity contribution is 5.78. The summed E-state index contributed by atoms with van der Waals surface area (Å²) < 4.78 is 15.5. The number of ether oxygens (including phenoxy) is 3. The molecule has 0 radical (unpaired) electrons. The number of hydrogen-bond acceptors (Lipinski definition) is 4. The lowest BCUT2D eigenvalue weighted by Crippen LogP contribution is -2.17. The predicted octanol–water partition coefficient (Wildman–Crippen LogP) is 2.09. The maximum absolute atomic E-state index is 11.6. The highest BCUT2D eigenvalue weighted by atomic mass is 16.6. The molecule has 0 N–H and O–H groups in total. The zero-order chi connectivity index (χ0) is 12.4. The lowest BCUT2D eigenvalue weighted by atomic mass is 10.1. The first-order chi connectivity index (χ1) is 8.11. The zero-order valence-corrected chi connectivity index (χ0v) is 10.2. The Kier molecular flexibility index (Phi) is 3.33. The van der Waals surface area contributed by atoms with Crippen molar-refractivity contribution in [3.05, 3.63) is 29.8 Å². The third-order valence-corrected chi connectivity index (χ3v) is 2.52. The number of carbonyl (C=O) groups excluding carboxylic acids is 1. The fourth-order valence-corrected chi connectivity index (χ4v) is 1.64. The van der Waals surface area contributed by atoms with Crippen LogP contribution in [-0.4, -0.2) is 25.3 Å². The largest absolute Gasteiger partial charge is 0.497 e. The van der Waals surface area contributed by atoms with Gasteiger partial charge in [0.2, 0.25) is 0 Å². The fraction of sp³-hybridized carbons (Fsp3) is 0.462. The number of methoxy groups -OCH3 is 1. The van der Waals surface area contributed by atoms with Crippen LogP contribution in [0.4, 0.5) is 0 Å². The SMILES string of the molecule is COc1ccc([C@H]2O[C@@H]2C(=O)OC(C)C)cc1. The monoisotopic (exact) mass is 236 g/mol. The molecule has 1 aliphatic heterocycles. The topological polar surface area (TPSA) is 48.1 Å². The lowest BCUT2D eigenvalue weighted by Gasteiger charge is -2.05. The van der Waals surface area contributed by atoms with E-state index in [1.807, 2.05) is 38.1 Å². The van der Waals surface area contributed by atoms with Gasteiger partial charge in [-0.15, -0.1) is 0 Å². The minimum Gasteiger partial charge on any atom is -0.497 e. The highest BCUT2D eigenvalue weighted by Crippen LogP contribution is 2.40. The quantitative estimate of drug-likeness (QED) is 0.593. The lowest BCUT2D eigenvalue weighted by molar-refractivity contribution is -0.148. The Morgan fingerprint density at radius 2 is 1.94 bits per heavy atom. The molecule has 0 saturated carbocycles. The molecule has 2 rings (SSSR count). The maximum atomic E-state index is 11.6. The van der Waals surface area contributed by atoms with Crippen molar-refractivity contribution >= 4 is 5.97 Å². The highest BCUT2D eigenvalue weighted by Gasteiger charge is 2.47. The molecule has 0 aliphatic carbocycles. The normalized spacial score (nSPS) is 22.4. The van der Waals surface area contributed by atoms with Crippen LogP contribution in [0, 0.1) is 0 Å². The van der Waals surface area contributed by atoms with Gasteiger partial charge < -0.3 is 14.2 Å². The van der Waals surface area contributed by atoms with Crippen LogP contribution in [-0.2, 0) is 14.3 Å². The standard InChI is InChI=1S/C13H16O4/c1-8(2)16-13(14)12-11(17-12)9-4-6-10(15-3)7-5-9/h4-8,11-12H,1-3H3/t11-,12+/m1/s1. The molecule has 0 aromatic heterocycles. The molecule has 2 atom stereocenters. The summed E-state index contributed by atoms with van der Waals surface area (Å²) >= 11 is 0. The van der Waals surface area contributed by atoms with Crippen molar-refractivity contribution < 1.29 is 19.0 Å². The van der Waals surface area contributed by atoms with Gasteiger partial charge in [0.1, 0.15) is 11.9 Å². The van der Waals surface area contributed by atoms with E-state index < -0.39 is 6.10 Å². The Balaban J connectivity index is 1.95. The fourth-order valence-electron chi connectivity index (χ4n) is 1.64. The summed E-state index contributed by atoms with van der Waals surface area (Å²) in [6.45, 7) is 3.64. The van der Waals surface area contributed by atoms with Gasteiger partial charge in [0.15, 0.2) is 6.10 Å². The summed E-state index contributed by atoms with van der Waals surface area (Å²) in [5.41, 5.74) is 0.969. The van der Waals surface area contributed by atoms with Gasteiger partial charge in [0, 0.05) is 0 Å². The summed E-state index contributed by atoms with van der Waals surface area (Å²) in [4.78, 5) is 11.6. The molecule has 1 fully saturated rings. The summed E-state index contributed by atoms with van der Waals surface area (Å²) in [5, 5.41) is 0. The van der Waals surface area contributed by atoms with E-state index in [4.69, 9.17) is 14.2 Å². The summed E-state index contributed by atoms with van der Waals surface area (Å²) in [6, 6.07) is 7.49. The molecule has 1 aliphatic rings. The van der Waals surface area contributed by atoms with E-state index in [-0.39, 0.29) is 18.2 Å². The average molecular weight is 236 g/mol. The number of rotatable bonds is 4. The van der Waals surface area contributed by atoms with Gasteiger partial charge in [0.25, 0.3) is 0 Å². The summed E-state index contributed by atoms with van der Waals surface area (Å²) in [7, 11) is 1.62. The molecule has 17 heavy (non-hydrogen) atoms. The van der Waals surface area contributed by atoms with Crippen LogP contribution in [0.5, 0.6) is 5.75 Å². The number of carbonyl (C=O) groups is 1. The van der Waals surface area contributed by atoms with Crippen molar-refractivity contribution in [2.75, 3.05) is 7.11 Å². The van der Waals surface area contributed by atoms with E-state index in [9.17, 15) is 4.79 Å². The molecular weight excluding hydrogens is 220 g/mol. The van der Waals surface area contributed by atoms with Crippen molar-refractivity contribution in [1.82, 2.24) is 0 Å². The number of epoxide rings is 1. The third-order valence-electron chi connectivity index (χ3n) is 2.52. The Morgan fingerprint density at radius 1 is 1.29 bits per heavy atom. The smallest absolute Gasteiger partial charge is 0.338 e. The van der Waals surface area contributed by atoms with Crippen molar-refractivity contribution in [2.45, 2.75) is 32.2 Å². The van der Waals surface area contributed by atoms with E-state index in [1.54, 1.807) is 7.11 Å². The van der Waals surface area contributed by atoms with Gasteiger partial charge >= 0.3 is 5.97 Å². The zero-order valence-electron chi connectivity index (χ0n) is 10.2. The van der Waals surface area contributed by atoms with Crippen LogP contribution >= 0.6 is 0 Å². The van der Waals surface area contributed by atoms with Crippen molar-refractivity contribution in [1.29, 1.82) is 0 Å². The van der Waals surface area contributed by atoms with Gasteiger partial charge in [-0.1, -0.05) is 12.1 Å². The van der Waals surface area contributed by atoms with E-state index in [0.717, 1.165) is 11.3 Å². The predicted molar refractivity (Wildman–Crippen MR) is 61.8 cm³/mol. The molecule has 1 aromatic rings. The second-order valence-corrected chi connectivity index (χ2v) is 4.24. The molecule has 0 amide bonds. The summed E-state index contributed by atoms with van der Waals surface area (Å²) in [6.07, 6.45) is -0.735. The first-order valence-corrected chi connectivity index (χ1v) is 5.61. The molecule has 4 nitrogen and oxygen atoms in total. The molecule has 0 spiro atoms. The van der Waals surface area contributed by atoms with Crippen LogP contribution in [0.3, 0.4) is 0 Å². The second-order valence-electron chi connectivity index (χ2n) is 4.24. The van der Waals surface area contributed by atoms with Crippen molar-refractivity contribution in [3.63, 3.8) is 0 Å². The van der Waals surface area contributed by atoms with Crippen LogP contribution in [0.1, 0.15) is 25.5 Å². The number of esters is 1. The molecule has 0 bridgehead atoms. The van der Waals surface area contributed by atoms with Crippen LogP contribution < -0.4 is 4.74 Å². The van der Waals surface area contributed by atoms with E-state index in [0.29, 0.717) is 0 Å². The van der Waals surface area contributed by atoms with Gasteiger partial charge in [0.05, 0.1) is 13.2 Å². The molecule has 1 saturated heterocycles. The summed E-state index contributed by atoms with van der Waals surface area (Å²) in [5.74, 6) is 0.497. The Bertz CT molecular complexity index is 396. The molecular formula is C13H16O4. The van der Waals surface area contributed by atoms with E-state index >= 15 is 0 Å². The van der Waals surface area contributed by atoms with Gasteiger partial charge in [-0.25, -0.2) is 4.79 Å². The Labute approximate surface area is 100 Å². The van der Waals surface area contributed by atoms with Crippen LogP contribution in [0.2, 0.25) is 0 Å². The second kappa shape index (κ2) is 4.75. The van der Waals surface area contributed by atoms with Crippen molar-refractivity contribution in [2.24, 2.45) is 0 Å². The maximum Gasteiger partial charge on any atom is 0.338 e. The number of hydrogen-bond donors (Lipinski definition) is 0. The van der Waals surface area contributed by atoms with Crippen LogP contribution in [0.25, 0.3) is 0 Å². The Morgan fingerprint density at radius 3 is 2.47 bits per heavy atom. The van der Waals surface area contributed by atoms with Gasteiger partial charge in [-0.3, -0.25) is 0 Å². The van der Waals surface area contributed by atoms with Gasteiger partial charge in [-0.05, 0) is 31.5 Å².